The Kier molecular flexibility index (Phi) is 5.91. The van der Waals surface area contributed by atoms with Crippen LogP contribution in [0.15, 0.2) is 48.5 Å². The number of amides is 2. The summed E-state index contributed by atoms with van der Waals surface area (Å²) in [4.78, 5) is 14.3. The van der Waals surface area contributed by atoms with E-state index in [0.717, 1.165) is 48.1 Å². The average Bonchev–Trinajstić information content (AvgIpc) is 3.27. The van der Waals surface area contributed by atoms with Crippen molar-refractivity contribution >= 4 is 6.03 Å². The number of aliphatic hydroxyl groups excluding tert-OH is 1. The molecule has 156 valence electrons. The lowest BCUT2D eigenvalue weighted by Gasteiger charge is -2.51. The van der Waals surface area contributed by atoms with Gasteiger partial charge in [0.2, 0.25) is 0 Å². The molecule has 6 heteroatoms. The molecule has 2 N–H and O–H groups in total. The predicted octanol–water partition coefficient (Wildman–Crippen LogP) is 3.67. The number of nitriles is 1. The van der Waals surface area contributed by atoms with E-state index in [9.17, 15) is 15.2 Å². The minimum atomic E-state index is -0.583. The van der Waals surface area contributed by atoms with Gasteiger partial charge in [-0.2, -0.15) is 5.26 Å². The summed E-state index contributed by atoms with van der Waals surface area (Å²) >= 11 is 0. The van der Waals surface area contributed by atoms with Gasteiger partial charge in [-0.1, -0.05) is 55.3 Å². The van der Waals surface area contributed by atoms with Crippen LogP contribution in [-0.2, 0) is 0 Å². The summed E-state index contributed by atoms with van der Waals surface area (Å²) in [7, 11) is 1.65. The molecule has 3 atom stereocenters. The summed E-state index contributed by atoms with van der Waals surface area (Å²) in [6, 6.07) is 17.0. The summed E-state index contributed by atoms with van der Waals surface area (Å²) in [6.45, 7) is -0.171. The standard InChI is InChI=1S/C24H27N3O3/c1-30-22-9-5-4-8-19(22)16-10-12-17(13-11-16)23-20(14-25)27(21(23)15-28)24(29)26-18-6-2-3-7-18/h4-5,8-13,18,20-21,23,28H,2-3,6-7,15H2,1H3,(H,26,29)/t20-,21+,23+/m0/s1. The zero-order valence-corrected chi connectivity index (χ0v) is 17.1. The fraction of sp³-hybridized carbons (Fsp3) is 0.417. The Labute approximate surface area is 177 Å². The minimum Gasteiger partial charge on any atom is -0.496 e. The molecule has 1 aliphatic heterocycles. The molecule has 1 saturated heterocycles. The van der Waals surface area contributed by atoms with Crippen LogP contribution < -0.4 is 10.1 Å². The highest BCUT2D eigenvalue weighted by Gasteiger charge is 2.52. The van der Waals surface area contributed by atoms with Crippen molar-refractivity contribution in [2.24, 2.45) is 0 Å². The number of carbonyl (C=O) groups excluding carboxylic acids is 1. The lowest BCUT2D eigenvalue weighted by molar-refractivity contribution is 0.0158. The predicted molar refractivity (Wildman–Crippen MR) is 114 cm³/mol. The number of nitrogens with zero attached hydrogens (tertiary/aromatic N) is 2. The Balaban J connectivity index is 1.53. The largest absolute Gasteiger partial charge is 0.496 e. The number of hydrogen-bond acceptors (Lipinski definition) is 4. The molecule has 1 heterocycles. The summed E-state index contributed by atoms with van der Waals surface area (Å²) in [5.74, 6) is 0.591. The second-order valence-corrected chi connectivity index (χ2v) is 8.01. The van der Waals surface area contributed by atoms with Gasteiger partial charge in [0.15, 0.2) is 0 Å². The first-order valence-corrected chi connectivity index (χ1v) is 10.5. The van der Waals surface area contributed by atoms with Crippen LogP contribution in [0.3, 0.4) is 0 Å². The van der Waals surface area contributed by atoms with Gasteiger partial charge in [-0.25, -0.2) is 4.79 Å². The van der Waals surface area contributed by atoms with Gasteiger partial charge in [-0.05, 0) is 30.0 Å². The molecule has 1 aliphatic carbocycles. The summed E-state index contributed by atoms with van der Waals surface area (Å²) < 4.78 is 5.45. The van der Waals surface area contributed by atoms with E-state index in [1.165, 1.54) is 4.90 Å². The Hall–Kier alpha value is -3.04. The number of aliphatic hydroxyl groups is 1. The highest BCUT2D eigenvalue weighted by molar-refractivity contribution is 5.78. The fourth-order valence-corrected chi connectivity index (χ4v) is 4.77. The van der Waals surface area contributed by atoms with E-state index in [0.29, 0.717) is 0 Å². The Morgan fingerprint density at radius 3 is 2.53 bits per heavy atom. The number of hydrogen-bond donors (Lipinski definition) is 2. The van der Waals surface area contributed by atoms with Crippen LogP contribution in [0.25, 0.3) is 11.1 Å². The maximum atomic E-state index is 12.7. The van der Waals surface area contributed by atoms with Crippen LogP contribution >= 0.6 is 0 Å². The van der Waals surface area contributed by atoms with Crippen molar-refractivity contribution in [2.45, 2.75) is 49.7 Å². The molecule has 1 saturated carbocycles. The number of rotatable bonds is 5. The first-order valence-electron chi connectivity index (χ1n) is 10.5. The molecule has 6 nitrogen and oxygen atoms in total. The van der Waals surface area contributed by atoms with E-state index >= 15 is 0 Å². The van der Waals surface area contributed by atoms with E-state index in [1.54, 1.807) is 7.11 Å². The van der Waals surface area contributed by atoms with Gasteiger partial charge < -0.3 is 20.1 Å². The molecule has 2 aromatic rings. The molecule has 2 amide bonds. The maximum Gasteiger partial charge on any atom is 0.319 e. The maximum absolute atomic E-state index is 12.7. The molecule has 2 fully saturated rings. The monoisotopic (exact) mass is 405 g/mol. The zero-order chi connectivity index (χ0) is 21.1. The number of methoxy groups -OCH3 is 1. The normalized spacial score (nSPS) is 23.5. The number of nitrogens with one attached hydrogen (secondary N) is 1. The van der Waals surface area contributed by atoms with Crippen LogP contribution in [0.1, 0.15) is 37.2 Å². The average molecular weight is 405 g/mol. The van der Waals surface area contributed by atoms with Crippen molar-refractivity contribution in [1.29, 1.82) is 5.26 Å². The third kappa shape index (κ3) is 3.61. The topological polar surface area (TPSA) is 85.6 Å². The van der Waals surface area contributed by atoms with Gasteiger partial charge in [0.1, 0.15) is 11.8 Å². The quantitative estimate of drug-likeness (QED) is 0.795. The Morgan fingerprint density at radius 2 is 1.90 bits per heavy atom. The molecule has 0 unspecified atom stereocenters. The molecule has 2 aliphatic rings. The van der Waals surface area contributed by atoms with Crippen LogP contribution in [-0.4, -0.2) is 47.9 Å². The summed E-state index contributed by atoms with van der Waals surface area (Å²) in [5, 5.41) is 22.7. The molecular weight excluding hydrogens is 378 g/mol. The van der Waals surface area contributed by atoms with E-state index in [4.69, 9.17) is 4.74 Å². The van der Waals surface area contributed by atoms with Crippen LogP contribution in [0.2, 0.25) is 0 Å². The SMILES string of the molecule is COc1ccccc1-c1ccc([C@H]2[C@@H](CO)N(C(=O)NC3CCCC3)[C@H]2C#N)cc1. The molecule has 0 aromatic heterocycles. The first-order chi connectivity index (χ1) is 14.7. The van der Waals surface area contributed by atoms with Gasteiger partial charge >= 0.3 is 6.03 Å². The highest BCUT2D eigenvalue weighted by atomic mass is 16.5. The lowest BCUT2D eigenvalue weighted by Crippen LogP contribution is -2.67. The van der Waals surface area contributed by atoms with Crippen molar-refractivity contribution in [1.82, 2.24) is 10.2 Å². The van der Waals surface area contributed by atoms with Crippen LogP contribution in [0, 0.1) is 11.3 Å². The minimum absolute atomic E-state index is 0.171. The molecule has 0 spiro atoms. The van der Waals surface area contributed by atoms with Gasteiger partial charge in [0.25, 0.3) is 0 Å². The number of likely N-dealkylation sites (tertiary alicyclic amines) is 1. The second kappa shape index (κ2) is 8.76. The van der Waals surface area contributed by atoms with Crippen molar-refractivity contribution in [3.05, 3.63) is 54.1 Å². The van der Waals surface area contributed by atoms with Gasteiger partial charge in [-0.15, -0.1) is 0 Å². The summed E-state index contributed by atoms with van der Waals surface area (Å²) in [5.41, 5.74) is 2.96. The third-order valence-electron chi connectivity index (χ3n) is 6.36. The number of carbonyl (C=O) groups is 1. The molecule has 0 radical (unpaired) electrons. The molecule has 0 bridgehead atoms. The van der Waals surface area contributed by atoms with Crippen LogP contribution in [0.4, 0.5) is 4.79 Å². The number of benzene rings is 2. The van der Waals surface area contributed by atoms with E-state index < -0.39 is 12.1 Å². The zero-order valence-electron chi connectivity index (χ0n) is 17.1. The Morgan fingerprint density at radius 1 is 1.20 bits per heavy atom. The van der Waals surface area contributed by atoms with Crippen LogP contribution in [0.5, 0.6) is 5.75 Å². The smallest absolute Gasteiger partial charge is 0.319 e. The number of para-hydroxylation sites is 1. The van der Waals surface area contributed by atoms with Gasteiger partial charge in [0.05, 0.1) is 25.8 Å². The molecular formula is C24H27N3O3. The van der Waals surface area contributed by atoms with Crippen molar-refractivity contribution in [3.8, 4) is 22.9 Å². The molecule has 2 aromatic carbocycles. The first kappa shape index (κ1) is 20.2. The van der Waals surface area contributed by atoms with Gasteiger partial charge in [0, 0.05) is 17.5 Å². The Bertz CT molecular complexity index is 931. The van der Waals surface area contributed by atoms with E-state index in [-0.39, 0.29) is 24.6 Å². The lowest BCUT2D eigenvalue weighted by atomic mass is 9.75. The summed E-state index contributed by atoms with van der Waals surface area (Å²) in [6.07, 6.45) is 4.21. The fourth-order valence-electron chi connectivity index (χ4n) is 4.77. The van der Waals surface area contributed by atoms with Gasteiger partial charge in [-0.3, -0.25) is 0 Å². The number of urea groups is 1. The molecule has 30 heavy (non-hydrogen) atoms. The third-order valence-corrected chi connectivity index (χ3v) is 6.36. The second-order valence-electron chi connectivity index (χ2n) is 8.01. The number of ether oxygens (including phenoxy) is 1. The highest BCUT2D eigenvalue weighted by Crippen LogP contribution is 2.41. The van der Waals surface area contributed by atoms with Crippen molar-refractivity contribution < 1.29 is 14.6 Å². The van der Waals surface area contributed by atoms with Crippen molar-refractivity contribution in [2.75, 3.05) is 13.7 Å². The van der Waals surface area contributed by atoms with Crippen molar-refractivity contribution in [3.63, 3.8) is 0 Å². The van der Waals surface area contributed by atoms with E-state index in [1.807, 2.05) is 48.5 Å². The molecule has 4 rings (SSSR count). The van der Waals surface area contributed by atoms with E-state index in [2.05, 4.69) is 11.4 Å².